The van der Waals surface area contributed by atoms with Gasteiger partial charge in [0.05, 0.1) is 12.2 Å². The Hall–Kier alpha value is 0.150. The number of hydrogen-bond donors (Lipinski definition) is 4. The normalized spacial score (nSPS) is 22.4. The molecule has 1 rings (SSSR count). The molecule has 21 heavy (non-hydrogen) atoms. The fraction of sp³-hybridized carbons (Fsp3) is 1.00. The zero-order chi connectivity index (χ0) is 15.7. The van der Waals surface area contributed by atoms with E-state index in [1.54, 1.807) is 0 Å². The number of aliphatic hydroxyl groups is 1. The van der Waals surface area contributed by atoms with Crippen molar-refractivity contribution in [2.45, 2.75) is 56.5 Å². The van der Waals surface area contributed by atoms with Crippen LogP contribution in [0.3, 0.4) is 0 Å². The van der Waals surface area contributed by atoms with Crippen molar-refractivity contribution in [2.24, 2.45) is 5.73 Å². The fourth-order valence-electron chi connectivity index (χ4n) is 2.27. The van der Waals surface area contributed by atoms with Crippen molar-refractivity contribution in [1.29, 1.82) is 0 Å². The Labute approximate surface area is 133 Å². The Bertz CT molecular complexity index is 274. The molecule has 1 fully saturated rings. The molecule has 0 aromatic heterocycles. The summed E-state index contributed by atoms with van der Waals surface area (Å²) in [5.41, 5.74) is 5.98. The first-order valence-corrected chi connectivity index (χ1v) is 9.05. The van der Waals surface area contributed by atoms with Crippen molar-refractivity contribution in [3.8, 4) is 0 Å². The number of thioether (sulfide) groups is 1. The molecule has 5 nitrogen and oxygen atoms in total. The quantitative estimate of drug-likeness (QED) is 0.417. The lowest BCUT2D eigenvalue weighted by Gasteiger charge is -2.26. The number of ether oxygens (including phenoxy) is 1. The second kappa shape index (κ2) is 10.0. The van der Waals surface area contributed by atoms with Crippen molar-refractivity contribution in [3.63, 3.8) is 0 Å². The van der Waals surface area contributed by atoms with Gasteiger partial charge in [-0.15, -0.1) is 0 Å². The van der Waals surface area contributed by atoms with Gasteiger partial charge in [-0.25, -0.2) is 0 Å². The molecule has 0 radical (unpaired) electrons. The maximum atomic E-state index is 8.95. The van der Waals surface area contributed by atoms with Gasteiger partial charge in [-0.1, -0.05) is 0 Å². The second-order valence-electron chi connectivity index (χ2n) is 6.44. The van der Waals surface area contributed by atoms with Crippen molar-refractivity contribution in [2.75, 3.05) is 38.6 Å². The zero-order valence-electron chi connectivity index (χ0n) is 13.7. The first-order chi connectivity index (χ1) is 9.94. The van der Waals surface area contributed by atoms with Gasteiger partial charge in [-0.3, -0.25) is 0 Å². The van der Waals surface area contributed by atoms with E-state index in [0.29, 0.717) is 13.0 Å². The summed E-state index contributed by atoms with van der Waals surface area (Å²) in [4.78, 5) is 0. The van der Waals surface area contributed by atoms with Crippen LogP contribution in [0.25, 0.3) is 0 Å². The first kappa shape index (κ1) is 19.2. The Kier molecular flexibility index (Phi) is 9.16. The van der Waals surface area contributed by atoms with Crippen LogP contribution in [0.5, 0.6) is 0 Å². The number of rotatable bonds is 11. The van der Waals surface area contributed by atoms with Gasteiger partial charge in [0.15, 0.2) is 0 Å². The van der Waals surface area contributed by atoms with E-state index in [4.69, 9.17) is 15.6 Å². The van der Waals surface area contributed by atoms with E-state index in [1.807, 2.05) is 25.6 Å². The summed E-state index contributed by atoms with van der Waals surface area (Å²) in [6.07, 6.45) is 1.92. The van der Waals surface area contributed by atoms with Gasteiger partial charge in [0.1, 0.15) is 0 Å². The van der Waals surface area contributed by atoms with Gasteiger partial charge in [0.2, 0.25) is 0 Å². The van der Waals surface area contributed by atoms with Crippen LogP contribution in [0, 0.1) is 0 Å². The molecule has 0 spiro atoms. The molecular formula is C15H33N3O2S. The van der Waals surface area contributed by atoms with Crippen LogP contribution in [-0.2, 0) is 4.74 Å². The van der Waals surface area contributed by atoms with Crippen molar-refractivity contribution in [1.82, 2.24) is 10.6 Å². The van der Waals surface area contributed by atoms with E-state index < -0.39 is 0 Å². The van der Waals surface area contributed by atoms with E-state index in [0.717, 1.165) is 30.6 Å². The van der Waals surface area contributed by atoms with Crippen LogP contribution < -0.4 is 16.4 Å². The summed E-state index contributed by atoms with van der Waals surface area (Å²) in [5.74, 6) is 0.997. The van der Waals surface area contributed by atoms with Crippen molar-refractivity contribution in [3.05, 3.63) is 0 Å². The number of aliphatic hydroxyl groups excluding tert-OH is 1. The molecule has 0 saturated carbocycles. The SMILES string of the molecule is C[C@H](NCCOC(C)(C)CCO)C(N)CS[C@@H]1CCNC1. The van der Waals surface area contributed by atoms with Crippen LogP contribution >= 0.6 is 11.8 Å². The molecule has 0 aromatic rings. The van der Waals surface area contributed by atoms with Gasteiger partial charge in [0.25, 0.3) is 0 Å². The lowest BCUT2D eigenvalue weighted by molar-refractivity contribution is -0.0313. The molecule has 1 aliphatic heterocycles. The Morgan fingerprint density at radius 3 is 2.90 bits per heavy atom. The molecule has 0 aromatic carbocycles. The molecule has 0 bridgehead atoms. The van der Waals surface area contributed by atoms with Gasteiger partial charge in [0, 0.05) is 42.8 Å². The minimum Gasteiger partial charge on any atom is -0.396 e. The fourth-order valence-corrected chi connectivity index (χ4v) is 3.57. The topological polar surface area (TPSA) is 79.5 Å². The van der Waals surface area contributed by atoms with Crippen LogP contribution in [0.15, 0.2) is 0 Å². The Morgan fingerprint density at radius 1 is 1.52 bits per heavy atom. The number of hydrogen-bond acceptors (Lipinski definition) is 6. The monoisotopic (exact) mass is 319 g/mol. The lowest BCUT2D eigenvalue weighted by atomic mass is 10.1. The van der Waals surface area contributed by atoms with E-state index in [1.165, 1.54) is 6.42 Å². The lowest BCUT2D eigenvalue weighted by Crippen LogP contribution is -2.46. The molecule has 1 saturated heterocycles. The molecule has 0 aliphatic carbocycles. The van der Waals surface area contributed by atoms with E-state index in [-0.39, 0.29) is 24.3 Å². The van der Waals surface area contributed by atoms with E-state index >= 15 is 0 Å². The minimum atomic E-state index is -0.257. The van der Waals surface area contributed by atoms with Crippen LogP contribution in [-0.4, -0.2) is 66.6 Å². The summed E-state index contributed by atoms with van der Waals surface area (Å²) in [5, 5.41) is 16.5. The van der Waals surface area contributed by atoms with Crippen molar-refractivity contribution < 1.29 is 9.84 Å². The summed E-state index contributed by atoms with van der Waals surface area (Å²) < 4.78 is 5.76. The van der Waals surface area contributed by atoms with E-state index in [9.17, 15) is 0 Å². The Morgan fingerprint density at radius 2 is 2.29 bits per heavy atom. The average Bonchev–Trinajstić information content (AvgIpc) is 2.93. The molecular weight excluding hydrogens is 286 g/mol. The highest BCUT2D eigenvalue weighted by Gasteiger charge is 2.20. The maximum Gasteiger partial charge on any atom is 0.0649 e. The van der Waals surface area contributed by atoms with Gasteiger partial charge in [-0.05, 0) is 40.2 Å². The third-order valence-corrected chi connectivity index (χ3v) is 5.41. The van der Waals surface area contributed by atoms with Crippen LogP contribution in [0.1, 0.15) is 33.6 Å². The summed E-state index contributed by atoms with van der Waals surface area (Å²) >= 11 is 1.98. The first-order valence-electron chi connectivity index (χ1n) is 8.01. The molecule has 6 heteroatoms. The maximum absolute atomic E-state index is 8.95. The molecule has 126 valence electrons. The molecule has 1 heterocycles. The number of nitrogens with one attached hydrogen (secondary N) is 2. The molecule has 5 N–H and O–H groups in total. The minimum absolute atomic E-state index is 0.162. The summed E-state index contributed by atoms with van der Waals surface area (Å²) in [6, 6.07) is 0.456. The third kappa shape index (κ3) is 8.38. The van der Waals surface area contributed by atoms with Crippen LogP contribution in [0.2, 0.25) is 0 Å². The third-order valence-electron chi connectivity index (χ3n) is 3.96. The second-order valence-corrected chi connectivity index (χ2v) is 7.77. The van der Waals surface area contributed by atoms with Gasteiger partial charge >= 0.3 is 0 Å². The van der Waals surface area contributed by atoms with Crippen molar-refractivity contribution >= 4 is 11.8 Å². The largest absolute Gasteiger partial charge is 0.396 e. The summed E-state index contributed by atoms with van der Waals surface area (Å²) in [7, 11) is 0. The standard InChI is InChI=1S/C15H33N3O2S/c1-12(14(16)11-21-13-4-6-17-10-13)18-7-9-20-15(2,3)5-8-19/h12-14,17-19H,4-11,16H2,1-3H3/t12-,13+,14?/m0/s1. The molecule has 1 aliphatic rings. The Balaban J connectivity index is 2.07. The van der Waals surface area contributed by atoms with Crippen LogP contribution in [0.4, 0.5) is 0 Å². The molecule has 1 unspecified atom stereocenters. The van der Waals surface area contributed by atoms with Gasteiger partial charge in [-0.2, -0.15) is 11.8 Å². The molecule has 0 amide bonds. The summed E-state index contributed by atoms with van der Waals surface area (Å²) in [6.45, 7) is 10.00. The molecule has 3 atom stereocenters. The highest BCUT2D eigenvalue weighted by Crippen LogP contribution is 2.18. The highest BCUT2D eigenvalue weighted by atomic mass is 32.2. The average molecular weight is 320 g/mol. The van der Waals surface area contributed by atoms with E-state index in [2.05, 4.69) is 17.6 Å². The predicted molar refractivity (Wildman–Crippen MR) is 90.9 cm³/mol. The smallest absolute Gasteiger partial charge is 0.0649 e. The van der Waals surface area contributed by atoms with Gasteiger partial charge < -0.3 is 26.2 Å². The number of nitrogens with two attached hydrogens (primary N) is 1. The highest BCUT2D eigenvalue weighted by molar-refractivity contribution is 8.00. The zero-order valence-corrected chi connectivity index (χ0v) is 14.5. The predicted octanol–water partition coefficient (Wildman–Crippen LogP) is 0.565.